The van der Waals surface area contributed by atoms with Crippen LogP contribution < -0.4 is 10.0 Å². The van der Waals surface area contributed by atoms with Crippen molar-refractivity contribution in [3.63, 3.8) is 0 Å². The summed E-state index contributed by atoms with van der Waals surface area (Å²) >= 11 is 0. The summed E-state index contributed by atoms with van der Waals surface area (Å²) in [5.41, 5.74) is -5.53. The molecule has 0 saturated carbocycles. The third kappa shape index (κ3) is 6.78. The van der Waals surface area contributed by atoms with Crippen LogP contribution in [0.4, 0.5) is 13.2 Å². The summed E-state index contributed by atoms with van der Waals surface area (Å²) in [5, 5.41) is 1.18. The minimum absolute atomic E-state index is 0.732. The van der Waals surface area contributed by atoms with E-state index in [9.17, 15) is 13.2 Å². The van der Waals surface area contributed by atoms with E-state index in [1.165, 1.54) is 5.30 Å². The fourth-order valence-electron chi connectivity index (χ4n) is 0.731. The van der Waals surface area contributed by atoms with Crippen LogP contribution >= 0.6 is 9.24 Å². The Bertz CT molecular complexity index is 456. The first kappa shape index (κ1) is 17.2. The van der Waals surface area contributed by atoms with Gasteiger partial charge < -0.3 is 4.74 Å². The largest absolute Gasteiger partial charge is 0.522 e. The Morgan fingerprint density at radius 2 is 1.67 bits per heavy atom. The SMILES string of the molecule is CCOc1ccc(P)cc1.O=S(=O)(O)C(F)(F)F. The molecule has 0 aliphatic carbocycles. The lowest BCUT2D eigenvalue weighted by Crippen LogP contribution is -2.21. The van der Waals surface area contributed by atoms with Crippen molar-refractivity contribution < 1.29 is 30.9 Å². The van der Waals surface area contributed by atoms with Crippen molar-refractivity contribution in [3.8, 4) is 5.75 Å². The highest BCUT2D eigenvalue weighted by Gasteiger charge is 2.44. The first-order chi connectivity index (χ1) is 8.08. The van der Waals surface area contributed by atoms with Crippen molar-refractivity contribution in [3.05, 3.63) is 24.3 Å². The van der Waals surface area contributed by atoms with Gasteiger partial charge in [-0.1, -0.05) is 12.1 Å². The van der Waals surface area contributed by atoms with Gasteiger partial charge in [0.25, 0.3) is 0 Å². The van der Waals surface area contributed by atoms with Crippen LogP contribution in [-0.4, -0.2) is 25.1 Å². The second-order valence-electron chi connectivity index (χ2n) is 2.92. The van der Waals surface area contributed by atoms with E-state index in [0.29, 0.717) is 0 Å². The number of hydrogen-bond acceptors (Lipinski definition) is 3. The van der Waals surface area contributed by atoms with Gasteiger partial charge in [0.2, 0.25) is 0 Å². The molecule has 0 fully saturated rings. The quantitative estimate of drug-likeness (QED) is 0.515. The molecule has 0 amide bonds. The maximum Gasteiger partial charge on any atom is 0.522 e. The molecule has 4 nitrogen and oxygen atoms in total. The van der Waals surface area contributed by atoms with E-state index < -0.39 is 15.6 Å². The van der Waals surface area contributed by atoms with Crippen LogP contribution in [0.1, 0.15) is 6.92 Å². The normalized spacial score (nSPS) is 11.4. The summed E-state index contributed by atoms with van der Waals surface area (Å²) in [6.45, 7) is 2.71. The van der Waals surface area contributed by atoms with E-state index in [1.54, 1.807) is 0 Å². The molecule has 0 aromatic heterocycles. The highest BCUT2D eigenvalue weighted by molar-refractivity contribution is 7.86. The zero-order valence-electron chi connectivity index (χ0n) is 9.31. The summed E-state index contributed by atoms with van der Waals surface area (Å²) < 4.78 is 62.8. The van der Waals surface area contributed by atoms with Crippen molar-refractivity contribution >= 4 is 24.7 Å². The number of halogens is 3. The fourth-order valence-corrected chi connectivity index (χ4v) is 0.923. The van der Waals surface area contributed by atoms with Crippen LogP contribution in [0.25, 0.3) is 0 Å². The Labute approximate surface area is 105 Å². The molecule has 0 aliphatic heterocycles. The summed E-state index contributed by atoms with van der Waals surface area (Å²) in [6, 6.07) is 7.95. The molecule has 0 radical (unpaired) electrons. The van der Waals surface area contributed by atoms with Gasteiger partial charge in [0, 0.05) is 0 Å². The molecule has 0 heterocycles. The van der Waals surface area contributed by atoms with Crippen LogP contribution in [-0.2, 0) is 10.1 Å². The lowest BCUT2D eigenvalue weighted by molar-refractivity contribution is -0.0510. The van der Waals surface area contributed by atoms with Gasteiger partial charge in [-0.3, -0.25) is 4.55 Å². The topological polar surface area (TPSA) is 63.6 Å². The standard InChI is InChI=1S/C8H11OP.CHF3O3S/c1-2-9-7-3-5-8(10)6-4-7;2-1(3,4)8(5,6)7/h3-6H,2,10H2,1H3;(H,5,6,7). The van der Waals surface area contributed by atoms with Crippen molar-refractivity contribution in [2.24, 2.45) is 0 Å². The van der Waals surface area contributed by atoms with Crippen molar-refractivity contribution in [1.82, 2.24) is 0 Å². The number of alkyl halides is 3. The average Bonchev–Trinajstić information content (AvgIpc) is 2.20. The van der Waals surface area contributed by atoms with Crippen LogP contribution in [0.3, 0.4) is 0 Å². The molecule has 18 heavy (non-hydrogen) atoms. The monoisotopic (exact) mass is 304 g/mol. The molecule has 0 saturated heterocycles. The zero-order chi connectivity index (χ0) is 14.4. The molecule has 1 atom stereocenters. The maximum absolute atomic E-state index is 10.7. The van der Waals surface area contributed by atoms with Gasteiger partial charge in [-0.25, -0.2) is 0 Å². The van der Waals surface area contributed by atoms with E-state index in [2.05, 4.69) is 9.24 Å². The summed E-state index contributed by atoms with van der Waals surface area (Å²) in [4.78, 5) is 0. The molecule has 104 valence electrons. The smallest absolute Gasteiger partial charge is 0.494 e. The molecule has 1 rings (SSSR count). The maximum atomic E-state index is 10.7. The number of hydrogen-bond donors (Lipinski definition) is 1. The predicted octanol–water partition coefficient (Wildman–Crippen LogP) is 1.98. The molecule has 1 aromatic rings. The molecule has 0 spiro atoms. The van der Waals surface area contributed by atoms with Crippen LogP contribution in [0.2, 0.25) is 0 Å². The van der Waals surface area contributed by atoms with Crippen molar-refractivity contribution in [2.45, 2.75) is 12.4 Å². The molecule has 0 bridgehead atoms. The molecular formula is C9H12F3O4PS. The molecule has 9 heteroatoms. The summed E-state index contributed by atoms with van der Waals surface area (Å²) in [5.74, 6) is 0.939. The van der Waals surface area contributed by atoms with Crippen LogP contribution in [0, 0.1) is 0 Å². The Hall–Kier alpha value is -0.850. The minimum Gasteiger partial charge on any atom is -0.494 e. The molecule has 1 N–H and O–H groups in total. The Morgan fingerprint density at radius 3 is 1.94 bits per heavy atom. The first-order valence-corrected chi connectivity index (χ1v) is 6.61. The van der Waals surface area contributed by atoms with Crippen LogP contribution in [0.5, 0.6) is 5.75 Å². The van der Waals surface area contributed by atoms with Crippen molar-refractivity contribution in [2.75, 3.05) is 6.61 Å². The Kier molecular flexibility index (Phi) is 6.59. The Balaban J connectivity index is 0.000000331. The summed E-state index contributed by atoms with van der Waals surface area (Å²) in [6.07, 6.45) is 0. The first-order valence-electron chi connectivity index (χ1n) is 4.60. The predicted molar refractivity (Wildman–Crippen MR) is 64.6 cm³/mol. The van der Waals surface area contributed by atoms with Gasteiger partial charge in [-0.15, -0.1) is 9.24 Å². The third-order valence-corrected chi connectivity index (χ3v) is 2.45. The second kappa shape index (κ2) is 6.92. The zero-order valence-corrected chi connectivity index (χ0v) is 11.3. The van der Waals surface area contributed by atoms with Gasteiger partial charge >= 0.3 is 15.6 Å². The van der Waals surface area contributed by atoms with Gasteiger partial charge in [-0.05, 0) is 24.4 Å². The van der Waals surface area contributed by atoms with Gasteiger partial charge in [0.15, 0.2) is 0 Å². The fraction of sp³-hybridized carbons (Fsp3) is 0.333. The summed E-state index contributed by atoms with van der Waals surface area (Å²) in [7, 11) is -3.21. The van der Waals surface area contributed by atoms with E-state index in [4.69, 9.17) is 17.7 Å². The second-order valence-corrected chi connectivity index (χ2v) is 5.00. The average molecular weight is 304 g/mol. The van der Waals surface area contributed by atoms with Gasteiger partial charge in [0.1, 0.15) is 5.75 Å². The highest BCUT2D eigenvalue weighted by Crippen LogP contribution is 2.20. The minimum atomic E-state index is -5.84. The van der Waals surface area contributed by atoms with E-state index in [0.717, 1.165) is 12.4 Å². The van der Waals surface area contributed by atoms with Gasteiger partial charge in [0.05, 0.1) is 6.61 Å². The molecule has 1 aromatic carbocycles. The highest BCUT2D eigenvalue weighted by atomic mass is 32.2. The van der Waals surface area contributed by atoms with E-state index in [-0.39, 0.29) is 0 Å². The number of benzene rings is 1. The van der Waals surface area contributed by atoms with Gasteiger partial charge in [-0.2, -0.15) is 21.6 Å². The van der Waals surface area contributed by atoms with Crippen LogP contribution in [0.15, 0.2) is 24.3 Å². The number of ether oxygens (including phenoxy) is 1. The Morgan fingerprint density at radius 1 is 1.28 bits per heavy atom. The lowest BCUT2D eigenvalue weighted by atomic mass is 10.3. The molecule has 0 aliphatic rings. The molecular weight excluding hydrogens is 292 g/mol. The molecule has 1 unspecified atom stereocenters. The van der Waals surface area contributed by atoms with E-state index in [1.807, 2.05) is 31.2 Å². The lowest BCUT2D eigenvalue weighted by Gasteiger charge is -2.01. The van der Waals surface area contributed by atoms with Crippen molar-refractivity contribution in [1.29, 1.82) is 0 Å². The third-order valence-electron chi connectivity index (χ3n) is 1.48. The van der Waals surface area contributed by atoms with E-state index >= 15 is 0 Å². The number of rotatable bonds is 2.